The van der Waals surface area contributed by atoms with E-state index in [0.29, 0.717) is 25.1 Å². The highest BCUT2D eigenvalue weighted by Gasteiger charge is 2.37. The van der Waals surface area contributed by atoms with E-state index in [2.05, 4.69) is 10.6 Å². The minimum atomic E-state index is -0.821. The number of hydrogen-bond acceptors (Lipinski definition) is 3. The van der Waals surface area contributed by atoms with Gasteiger partial charge < -0.3 is 15.5 Å². The van der Waals surface area contributed by atoms with Gasteiger partial charge in [-0.25, -0.2) is 0 Å². The lowest BCUT2D eigenvalue weighted by atomic mass is 10.1. The molecule has 0 aliphatic carbocycles. The van der Waals surface area contributed by atoms with Gasteiger partial charge in [0.25, 0.3) is 5.91 Å². The first-order chi connectivity index (χ1) is 12.6. The van der Waals surface area contributed by atoms with Crippen LogP contribution in [0.15, 0.2) is 54.6 Å². The van der Waals surface area contributed by atoms with Gasteiger partial charge in [-0.3, -0.25) is 14.4 Å². The minimum Gasteiger partial charge on any atom is -0.348 e. The fraction of sp³-hybridized carbons (Fsp3) is 0.250. The third-order valence-electron chi connectivity index (χ3n) is 4.39. The number of rotatable bonds is 5. The van der Waals surface area contributed by atoms with Gasteiger partial charge in [0.1, 0.15) is 6.04 Å². The number of para-hydroxylation sites is 1. The molecule has 1 aliphatic heterocycles. The van der Waals surface area contributed by atoms with E-state index in [1.165, 1.54) is 0 Å². The molecule has 0 fully saturated rings. The summed E-state index contributed by atoms with van der Waals surface area (Å²) < 4.78 is 0. The number of nitrogens with one attached hydrogen (secondary N) is 2. The van der Waals surface area contributed by atoms with Crippen LogP contribution < -0.4 is 15.5 Å². The number of carbonyl (C=O) groups is 3. The van der Waals surface area contributed by atoms with Crippen molar-refractivity contribution in [3.8, 4) is 0 Å². The Morgan fingerprint density at radius 2 is 1.69 bits per heavy atom. The van der Waals surface area contributed by atoms with Crippen molar-refractivity contribution in [1.29, 1.82) is 0 Å². The van der Waals surface area contributed by atoms with Crippen molar-refractivity contribution < 1.29 is 14.4 Å². The number of benzene rings is 2. The molecular weight excluding hydrogens is 330 g/mol. The van der Waals surface area contributed by atoms with Gasteiger partial charge in [-0.2, -0.15) is 0 Å². The molecule has 1 heterocycles. The summed E-state index contributed by atoms with van der Waals surface area (Å²) in [4.78, 5) is 38.4. The van der Waals surface area contributed by atoms with Gasteiger partial charge in [-0.1, -0.05) is 48.5 Å². The molecule has 6 nitrogen and oxygen atoms in total. The highest BCUT2D eigenvalue weighted by Crippen LogP contribution is 2.35. The molecule has 0 unspecified atom stereocenters. The van der Waals surface area contributed by atoms with Gasteiger partial charge in [0.15, 0.2) is 0 Å². The van der Waals surface area contributed by atoms with Gasteiger partial charge in [-0.15, -0.1) is 0 Å². The summed E-state index contributed by atoms with van der Waals surface area (Å²) in [5.41, 5.74) is 2.56. The summed E-state index contributed by atoms with van der Waals surface area (Å²) in [6.45, 7) is 2.73. The van der Waals surface area contributed by atoms with Crippen molar-refractivity contribution in [2.45, 2.75) is 19.4 Å². The minimum absolute atomic E-state index is 0.223. The molecule has 6 heteroatoms. The van der Waals surface area contributed by atoms with E-state index in [0.717, 1.165) is 11.3 Å². The molecule has 0 aromatic heterocycles. The smallest absolute Gasteiger partial charge is 0.310 e. The Balaban J connectivity index is 1.59. The van der Waals surface area contributed by atoms with E-state index in [9.17, 15) is 14.4 Å². The largest absolute Gasteiger partial charge is 0.348 e. The Morgan fingerprint density at radius 3 is 2.42 bits per heavy atom. The second kappa shape index (κ2) is 7.82. The molecule has 3 rings (SSSR count). The van der Waals surface area contributed by atoms with Gasteiger partial charge in [0, 0.05) is 24.3 Å². The zero-order valence-electron chi connectivity index (χ0n) is 14.6. The topological polar surface area (TPSA) is 78.5 Å². The van der Waals surface area contributed by atoms with E-state index >= 15 is 0 Å². The maximum atomic E-state index is 12.5. The van der Waals surface area contributed by atoms with Crippen LogP contribution in [0, 0.1) is 0 Å². The van der Waals surface area contributed by atoms with E-state index in [1.807, 2.05) is 55.5 Å². The Kier molecular flexibility index (Phi) is 5.31. The fourth-order valence-electron chi connectivity index (χ4n) is 3.09. The van der Waals surface area contributed by atoms with Crippen LogP contribution in [-0.4, -0.2) is 30.8 Å². The second-order valence-electron chi connectivity index (χ2n) is 6.04. The van der Waals surface area contributed by atoms with Crippen molar-refractivity contribution in [3.63, 3.8) is 0 Å². The van der Waals surface area contributed by atoms with Crippen LogP contribution in [0.5, 0.6) is 0 Å². The predicted octanol–water partition coefficient (Wildman–Crippen LogP) is 1.57. The zero-order valence-corrected chi connectivity index (χ0v) is 14.6. The number of likely N-dealkylation sites (N-methyl/N-ethyl adjacent to an activating group) is 1. The van der Waals surface area contributed by atoms with Gasteiger partial charge in [0.05, 0.1) is 0 Å². The fourth-order valence-corrected chi connectivity index (χ4v) is 3.09. The average molecular weight is 351 g/mol. The third-order valence-corrected chi connectivity index (χ3v) is 4.39. The van der Waals surface area contributed by atoms with Crippen LogP contribution in [0.25, 0.3) is 0 Å². The number of anilines is 1. The molecule has 1 atom stereocenters. The Bertz CT molecular complexity index is 820. The highest BCUT2D eigenvalue weighted by atomic mass is 16.2. The molecule has 3 amide bonds. The number of carbonyl (C=O) groups excluding carboxylic acids is 3. The lowest BCUT2D eigenvalue weighted by Crippen LogP contribution is -2.44. The summed E-state index contributed by atoms with van der Waals surface area (Å²) in [6.07, 6.45) is 0.634. The van der Waals surface area contributed by atoms with Crippen LogP contribution >= 0.6 is 0 Å². The Labute approximate surface area is 152 Å². The molecule has 2 aromatic carbocycles. The van der Waals surface area contributed by atoms with Crippen molar-refractivity contribution in [2.24, 2.45) is 0 Å². The van der Waals surface area contributed by atoms with Gasteiger partial charge in [-0.05, 0) is 25.0 Å². The van der Waals surface area contributed by atoms with Crippen molar-refractivity contribution >= 4 is 23.4 Å². The number of amides is 3. The molecule has 0 bridgehead atoms. The van der Waals surface area contributed by atoms with Crippen LogP contribution in [0.2, 0.25) is 0 Å². The van der Waals surface area contributed by atoms with E-state index < -0.39 is 17.9 Å². The van der Waals surface area contributed by atoms with Crippen LogP contribution in [0.3, 0.4) is 0 Å². The molecule has 1 aliphatic rings. The Hall–Kier alpha value is -3.15. The molecule has 26 heavy (non-hydrogen) atoms. The maximum absolute atomic E-state index is 12.5. The maximum Gasteiger partial charge on any atom is 0.310 e. The summed E-state index contributed by atoms with van der Waals surface area (Å²) in [6, 6.07) is 16.1. The lowest BCUT2D eigenvalue weighted by Gasteiger charge is -2.15. The molecule has 134 valence electrons. The molecule has 0 saturated heterocycles. The van der Waals surface area contributed by atoms with E-state index in [1.54, 1.807) is 11.0 Å². The van der Waals surface area contributed by atoms with Crippen molar-refractivity contribution in [2.75, 3.05) is 18.0 Å². The number of nitrogens with zero attached hydrogens (tertiary/aromatic N) is 1. The molecule has 2 N–H and O–H groups in total. The first-order valence-corrected chi connectivity index (χ1v) is 8.64. The summed E-state index contributed by atoms with van der Waals surface area (Å²) in [5.74, 6) is -1.76. The predicted molar refractivity (Wildman–Crippen MR) is 98.5 cm³/mol. The van der Waals surface area contributed by atoms with Gasteiger partial charge in [0.2, 0.25) is 0 Å². The zero-order chi connectivity index (χ0) is 18.5. The van der Waals surface area contributed by atoms with E-state index in [-0.39, 0.29) is 5.91 Å². The van der Waals surface area contributed by atoms with Crippen molar-refractivity contribution in [3.05, 3.63) is 65.7 Å². The molecule has 2 aromatic rings. The summed E-state index contributed by atoms with van der Waals surface area (Å²) in [7, 11) is 0. The van der Waals surface area contributed by atoms with Crippen molar-refractivity contribution in [1.82, 2.24) is 10.6 Å². The standard InChI is InChI=1S/C20H21N3O3/c1-2-23-16-11-7-6-10-15(16)17(20(23)26)22-19(25)18(24)21-13-12-14-8-4-3-5-9-14/h3-11,17H,2,12-13H2,1H3,(H,21,24)(H,22,25)/t17-/m0/s1. The summed E-state index contributed by atoms with van der Waals surface area (Å²) in [5, 5.41) is 5.15. The third kappa shape index (κ3) is 3.59. The van der Waals surface area contributed by atoms with E-state index in [4.69, 9.17) is 0 Å². The quantitative estimate of drug-likeness (QED) is 0.803. The van der Waals surface area contributed by atoms with Crippen LogP contribution in [0.1, 0.15) is 24.1 Å². The molecule has 0 radical (unpaired) electrons. The number of hydrogen-bond donors (Lipinski definition) is 2. The highest BCUT2D eigenvalue weighted by molar-refractivity contribution is 6.35. The average Bonchev–Trinajstić information content (AvgIpc) is 2.93. The first kappa shape index (κ1) is 17.7. The lowest BCUT2D eigenvalue weighted by molar-refractivity contribution is -0.140. The van der Waals surface area contributed by atoms with Gasteiger partial charge >= 0.3 is 11.8 Å². The normalized spacial score (nSPS) is 15.5. The monoisotopic (exact) mass is 351 g/mol. The molecular formula is C20H21N3O3. The summed E-state index contributed by atoms with van der Waals surface area (Å²) >= 11 is 0. The van der Waals surface area contributed by atoms with Crippen LogP contribution in [0.4, 0.5) is 5.69 Å². The van der Waals surface area contributed by atoms with Crippen LogP contribution in [-0.2, 0) is 20.8 Å². The molecule has 0 saturated carbocycles. The molecule has 0 spiro atoms. The second-order valence-corrected chi connectivity index (χ2v) is 6.04. The first-order valence-electron chi connectivity index (χ1n) is 8.64. The SMILES string of the molecule is CCN1C(=O)[C@@H](NC(=O)C(=O)NCCc2ccccc2)c2ccccc21. The number of fused-ring (bicyclic) bond motifs is 1. The Morgan fingerprint density at radius 1 is 1.00 bits per heavy atom.